The largest absolute Gasteiger partial charge is 0.464 e. The van der Waals surface area contributed by atoms with E-state index in [2.05, 4.69) is 9.84 Å². The predicted molar refractivity (Wildman–Crippen MR) is 68.5 cm³/mol. The minimum absolute atomic E-state index is 0.0325. The van der Waals surface area contributed by atoms with Gasteiger partial charge in [0.1, 0.15) is 0 Å². The summed E-state index contributed by atoms with van der Waals surface area (Å²) in [5.74, 6) is -1.03. The Kier molecular flexibility index (Phi) is 6.21. The third-order valence-corrected chi connectivity index (χ3v) is 2.57. The Morgan fingerprint density at radius 2 is 2.14 bits per heavy atom. The fourth-order valence-corrected chi connectivity index (χ4v) is 1.70. The molecule has 0 amide bonds. The predicted octanol–water partition coefficient (Wildman–Crippen LogP) is -0.0123. The van der Waals surface area contributed by atoms with Gasteiger partial charge in [0.25, 0.3) is 0 Å². The molecule has 0 saturated carbocycles. The SMILES string of the molecule is CCCOCCn1nc(C(=O)OC)c([N+](=O)[O-])c1C(O)O. The highest BCUT2D eigenvalue weighted by molar-refractivity contribution is 5.92. The lowest BCUT2D eigenvalue weighted by Gasteiger charge is -2.08. The van der Waals surface area contributed by atoms with Crippen LogP contribution in [0.2, 0.25) is 0 Å². The highest BCUT2D eigenvalue weighted by Crippen LogP contribution is 2.28. The molecule has 2 N–H and O–H groups in total. The smallest absolute Gasteiger partial charge is 0.365 e. The molecule has 0 spiro atoms. The van der Waals surface area contributed by atoms with E-state index in [0.717, 1.165) is 18.2 Å². The number of nitro groups is 1. The minimum Gasteiger partial charge on any atom is -0.464 e. The van der Waals surface area contributed by atoms with Crippen LogP contribution >= 0.6 is 0 Å². The molecular weight excluding hydrogens is 286 g/mol. The number of ether oxygens (including phenoxy) is 2. The van der Waals surface area contributed by atoms with E-state index in [9.17, 15) is 25.1 Å². The topological polar surface area (TPSA) is 137 Å². The summed E-state index contributed by atoms with van der Waals surface area (Å²) in [4.78, 5) is 21.6. The van der Waals surface area contributed by atoms with Gasteiger partial charge in [0.15, 0.2) is 5.69 Å². The molecular formula is C11H17N3O7. The van der Waals surface area contributed by atoms with Crippen LogP contribution in [0.5, 0.6) is 0 Å². The molecule has 1 aromatic heterocycles. The Balaban J connectivity index is 3.17. The first-order valence-corrected chi connectivity index (χ1v) is 6.21. The van der Waals surface area contributed by atoms with Crippen molar-refractivity contribution in [3.05, 3.63) is 21.5 Å². The average Bonchev–Trinajstić information content (AvgIpc) is 2.82. The Bertz CT molecular complexity index is 512. The number of esters is 1. The molecule has 0 atom stereocenters. The van der Waals surface area contributed by atoms with Crippen LogP contribution in [0.3, 0.4) is 0 Å². The van der Waals surface area contributed by atoms with E-state index in [1.165, 1.54) is 0 Å². The van der Waals surface area contributed by atoms with Crippen LogP contribution in [0.25, 0.3) is 0 Å². The van der Waals surface area contributed by atoms with Gasteiger partial charge in [0, 0.05) is 6.61 Å². The first-order chi connectivity index (χ1) is 9.93. The number of hydrogen-bond donors (Lipinski definition) is 2. The number of methoxy groups -OCH3 is 1. The summed E-state index contributed by atoms with van der Waals surface area (Å²) in [7, 11) is 1.05. The molecule has 118 valence electrons. The van der Waals surface area contributed by atoms with Crippen LogP contribution in [0.1, 0.15) is 35.8 Å². The maximum atomic E-state index is 11.5. The van der Waals surface area contributed by atoms with Crippen LogP contribution in [0, 0.1) is 10.1 Å². The van der Waals surface area contributed by atoms with Crippen molar-refractivity contribution < 1.29 is 29.4 Å². The summed E-state index contributed by atoms with van der Waals surface area (Å²) >= 11 is 0. The number of carbonyl (C=O) groups excluding carboxylic acids is 1. The van der Waals surface area contributed by atoms with E-state index in [-0.39, 0.29) is 13.2 Å². The third kappa shape index (κ3) is 3.97. The van der Waals surface area contributed by atoms with E-state index in [0.29, 0.717) is 6.61 Å². The summed E-state index contributed by atoms with van der Waals surface area (Å²) < 4.78 is 10.6. The Hall–Kier alpha value is -2.04. The van der Waals surface area contributed by atoms with Crippen molar-refractivity contribution in [2.24, 2.45) is 0 Å². The Labute approximate surface area is 120 Å². The lowest BCUT2D eigenvalue weighted by atomic mass is 10.3. The highest BCUT2D eigenvalue weighted by atomic mass is 16.6. The van der Waals surface area contributed by atoms with Gasteiger partial charge >= 0.3 is 11.7 Å². The quantitative estimate of drug-likeness (QED) is 0.225. The number of aromatic nitrogens is 2. The van der Waals surface area contributed by atoms with Crippen LogP contribution in [-0.2, 0) is 16.0 Å². The minimum atomic E-state index is -2.15. The van der Waals surface area contributed by atoms with Crippen molar-refractivity contribution in [1.82, 2.24) is 9.78 Å². The number of rotatable bonds is 8. The molecule has 1 aromatic rings. The number of aliphatic hydroxyl groups is 2. The summed E-state index contributed by atoms with van der Waals surface area (Å²) in [5.41, 5.74) is -1.85. The fraction of sp³-hybridized carbons (Fsp3) is 0.636. The number of aliphatic hydroxyl groups excluding tert-OH is 1. The lowest BCUT2D eigenvalue weighted by molar-refractivity contribution is -0.387. The van der Waals surface area contributed by atoms with Crippen LogP contribution in [0.15, 0.2) is 0 Å². The van der Waals surface area contributed by atoms with Gasteiger partial charge in [0.05, 0.1) is 25.2 Å². The molecule has 0 saturated heterocycles. The molecule has 0 bridgehead atoms. The van der Waals surface area contributed by atoms with E-state index in [1.54, 1.807) is 0 Å². The van der Waals surface area contributed by atoms with E-state index >= 15 is 0 Å². The maximum Gasteiger partial charge on any atom is 0.365 e. The molecule has 10 nitrogen and oxygen atoms in total. The Morgan fingerprint density at radius 3 is 2.62 bits per heavy atom. The molecule has 10 heteroatoms. The summed E-state index contributed by atoms with van der Waals surface area (Å²) in [6.45, 7) is 2.60. The number of nitrogens with zero attached hydrogens (tertiary/aromatic N) is 3. The summed E-state index contributed by atoms with van der Waals surface area (Å²) in [6.07, 6.45) is -1.36. The number of carbonyl (C=O) groups is 1. The molecule has 0 aliphatic heterocycles. The summed E-state index contributed by atoms with van der Waals surface area (Å²) in [6, 6.07) is 0. The van der Waals surface area contributed by atoms with E-state index in [1.807, 2.05) is 6.92 Å². The zero-order chi connectivity index (χ0) is 16.0. The molecule has 1 rings (SSSR count). The highest BCUT2D eigenvalue weighted by Gasteiger charge is 2.35. The second-order valence-electron chi connectivity index (χ2n) is 4.04. The molecule has 0 unspecified atom stereocenters. The van der Waals surface area contributed by atoms with Gasteiger partial charge in [-0.2, -0.15) is 5.10 Å². The van der Waals surface area contributed by atoms with E-state index in [4.69, 9.17) is 4.74 Å². The van der Waals surface area contributed by atoms with Crippen molar-refractivity contribution in [2.45, 2.75) is 26.2 Å². The monoisotopic (exact) mass is 303 g/mol. The van der Waals surface area contributed by atoms with Gasteiger partial charge in [-0.3, -0.25) is 14.8 Å². The van der Waals surface area contributed by atoms with Gasteiger partial charge in [-0.05, 0) is 6.42 Å². The molecule has 0 radical (unpaired) electrons. The normalized spacial score (nSPS) is 10.9. The third-order valence-electron chi connectivity index (χ3n) is 2.57. The lowest BCUT2D eigenvalue weighted by Crippen LogP contribution is -2.14. The van der Waals surface area contributed by atoms with Crippen LogP contribution in [0.4, 0.5) is 5.69 Å². The zero-order valence-electron chi connectivity index (χ0n) is 11.7. The van der Waals surface area contributed by atoms with Gasteiger partial charge < -0.3 is 19.7 Å². The van der Waals surface area contributed by atoms with Crippen molar-refractivity contribution in [3.63, 3.8) is 0 Å². The van der Waals surface area contributed by atoms with Crippen LogP contribution < -0.4 is 0 Å². The van der Waals surface area contributed by atoms with Crippen molar-refractivity contribution >= 4 is 11.7 Å². The molecule has 1 heterocycles. The number of hydrogen-bond acceptors (Lipinski definition) is 8. The standard InChI is InChI=1S/C11H17N3O7/c1-3-5-21-6-4-13-9(10(15)16)8(14(18)19)7(12-13)11(17)20-2/h10,15-16H,3-6H2,1-2H3. The average molecular weight is 303 g/mol. The molecule has 0 fully saturated rings. The zero-order valence-corrected chi connectivity index (χ0v) is 11.7. The van der Waals surface area contributed by atoms with E-state index < -0.39 is 34.3 Å². The van der Waals surface area contributed by atoms with Gasteiger partial charge in [-0.1, -0.05) is 6.92 Å². The second kappa shape index (κ2) is 7.67. The fourth-order valence-electron chi connectivity index (χ4n) is 1.70. The van der Waals surface area contributed by atoms with Crippen LogP contribution in [-0.4, -0.2) is 51.2 Å². The summed E-state index contributed by atoms with van der Waals surface area (Å²) in [5, 5.41) is 33.4. The van der Waals surface area contributed by atoms with Crippen molar-refractivity contribution in [2.75, 3.05) is 20.3 Å². The molecule has 0 aliphatic carbocycles. The molecule has 0 aromatic carbocycles. The van der Waals surface area contributed by atoms with Crippen molar-refractivity contribution in [3.8, 4) is 0 Å². The maximum absolute atomic E-state index is 11.5. The first-order valence-electron chi connectivity index (χ1n) is 6.21. The molecule has 0 aliphatic rings. The second-order valence-corrected chi connectivity index (χ2v) is 4.04. The van der Waals surface area contributed by atoms with Gasteiger partial charge in [-0.15, -0.1) is 0 Å². The molecule has 21 heavy (non-hydrogen) atoms. The van der Waals surface area contributed by atoms with Gasteiger partial charge in [0.2, 0.25) is 12.0 Å². The van der Waals surface area contributed by atoms with Gasteiger partial charge in [-0.25, -0.2) is 4.79 Å². The Morgan fingerprint density at radius 1 is 1.48 bits per heavy atom. The first kappa shape index (κ1) is 17.0. The van der Waals surface area contributed by atoms with Crippen molar-refractivity contribution in [1.29, 1.82) is 0 Å².